The third-order valence-corrected chi connectivity index (χ3v) is 4.61. The monoisotopic (exact) mass is 295 g/mol. The van der Waals surface area contributed by atoms with Gasteiger partial charge >= 0.3 is 5.97 Å². The van der Waals surface area contributed by atoms with E-state index in [1.807, 2.05) is 6.92 Å². The summed E-state index contributed by atoms with van der Waals surface area (Å²) in [4.78, 5) is 11.2. The van der Waals surface area contributed by atoms with Crippen molar-refractivity contribution >= 4 is 16.0 Å². The lowest BCUT2D eigenvalue weighted by Crippen LogP contribution is -2.47. The highest BCUT2D eigenvalue weighted by molar-refractivity contribution is 7.89. The van der Waals surface area contributed by atoms with E-state index in [-0.39, 0.29) is 31.9 Å². The molecule has 8 heteroatoms. The zero-order valence-corrected chi connectivity index (χ0v) is 12.1. The molecule has 0 spiro atoms. The first-order chi connectivity index (χ1) is 8.99. The Morgan fingerprint density at radius 1 is 1.47 bits per heavy atom. The summed E-state index contributed by atoms with van der Waals surface area (Å²) in [5, 5.41) is 0. The molecule has 1 heterocycles. The van der Waals surface area contributed by atoms with E-state index < -0.39 is 22.1 Å². The van der Waals surface area contributed by atoms with Gasteiger partial charge in [0.15, 0.2) is 0 Å². The summed E-state index contributed by atoms with van der Waals surface area (Å²) in [6.45, 7) is 3.26. The summed E-state index contributed by atoms with van der Waals surface area (Å²) in [5.41, 5.74) is 0. The lowest BCUT2D eigenvalue weighted by atomic mass is 10.2. The van der Waals surface area contributed by atoms with Crippen molar-refractivity contribution in [3.05, 3.63) is 0 Å². The predicted molar refractivity (Wildman–Crippen MR) is 68.2 cm³/mol. The molecule has 0 saturated carbocycles. The zero-order chi connectivity index (χ0) is 14.3. The lowest BCUT2D eigenvalue weighted by molar-refractivity contribution is -0.145. The lowest BCUT2D eigenvalue weighted by Gasteiger charge is -2.31. The van der Waals surface area contributed by atoms with Gasteiger partial charge in [-0.2, -0.15) is 4.31 Å². The third-order valence-electron chi connectivity index (χ3n) is 2.81. The van der Waals surface area contributed by atoms with Crippen molar-refractivity contribution in [3.63, 3.8) is 0 Å². The van der Waals surface area contributed by atoms with E-state index in [0.717, 1.165) is 0 Å². The minimum atomic E-state index is -3.35. The van der Waals surface area contributed by atoms with E-state index in [1.165, 1.54) is 11.4 Å². The molecule has 1 rings (SSSR count). The molecule has 112 valence electrons. The van der Waals surface area contributed by atoms with Crippen LogP contribution < -0.4 is 0 Å². The Morgan fingerprint density at radius 3 is 2.84 bits per heavy atom. The van der Waals surface area contributed by atoms with Crippen LogP contribution in [0.2, 0.25) is 0 Å². The second kappa shape index (κ2) is 7.78. The molecule has 0 N–H and O–H groups in total. The molecular formula is C11H21NO6S. The van der Waals surface area contributed by atoms with Gasteiger partial charge in [0.2, 0.25) is 10.0 Å². The van der Waals surface area contributed by atoms with Gasteiger partial charge in [-0.15, -0.1) is 0 Å². The number of esters is 1. The van der Waals surface area contributed by atoms with Crippen molar-refractivity contribution in [1.29, 1.82) is 0 Å². The number of hydrogen-bond acceptors (Lipinski definition) is 6. The maximum atomic E-state index is 12.0. The molecule has 0 bridgehead atoms. The van der Waals surface area contributed by atoms with Gasteiger partial charge in [-0.3, -0.25) is 4.79 Å². The normalized spacial score (nSPS) is 21.3. The summed E-state index contributed by atoms with van der Waals surface area (Å²) in [6, 6.07) is 0. The molecule has 1 unspecified atom stereocenters. The first-order valence-corrected chi connectivity index (χ1v) is 7.84. The van der Waals surface area contributed by atoms with Crippen LogP contribution >= 0.6 is 0 Å². The fourth-order valence-corrected chi connectivity index (χ4v) is 3.11. The van der Waals surface area contributed by atoms with E-state index in [4.69, 9.17) is 9.47 Å². The highest BCUT2D eigenvalue weighted by Gasteiger charge is 2.30. The molecule has 0 aromatic rings. The van der Waals surface area contributed by atoms with Crippen LogP contribution in [0.4, 0.5) is 0 Å². The molecule has 1 atom stereocenters. The summed E-state index contributed by atoms with van der Waals surface area (Å²) < 4.78 is 40.4. The largest absolute Gasteiger partial charge is 0.469 e. The van der Waals surface area contributed by atoms with Crippen molar-refractivity contribution in [2.24, 2.45) is 0 Å². The highest BCUT2D eigenvalue weighted by Crippen LogP contribution is 2.13. The van der Waals surface area contributed by atoms with Crippen LogP contribution in [0.5, 0.6) is 0 Å². The Kier molecular flexibility index (Phi) is 6.70. The number of carbonyl (C=O) groups excluding carboxylic acids is 1. The summed E-state index contributed by atoms with van der Waals surface area (Å²) >= 11 is 0. The predicted octanol–water partition coefficient (Wildman–Crippen LogP) is -0.383. The van der Waals surface area contributed by atoms with Crippen molar-refractivity contribution in [2.75, 3.05) is 45.8 Å². The second-order valence-electron chi connectivity index (χ2n) is 4.14. The van der Waals surface area contributed by atoms with Crippen LogP contribution in [0, 0.1) is 0 Å². The molecule has 0 aromatic heterocycles. The minimum absolute atomic E-state index is 0.0498. The van der Waals surface area contributed by atoms with Gasteiger partial charge in [0, 0.05) is 19.7 Å². The van der Waals surface area contributed by atoms with Crippen LogP contribution in [-0.4, -0.2) is 70.6 Å². The van der Waals surface area contributed by atoms with Crippen LogP contribution in [0.15, 0.2) is 0 Å². The van der Waals surface area contributed by atoms with Gasteiger partial charge in [-0.25, -0.2) is 8.42 Å². The molecule has 0 aromatic carbocycles. The standard InChI is InChI=1S/C11H21NO6S/c1-3-17-6-7-19(14,15)12-4-5-18-10(9-12)8-11(13)16-2/h10H,3-9H2,1-2H3. The fourth-order valence-electron chi connectivity index (χ4n) is 1.78. The molecular weight excluding hydrogens is 274 g/mol. The molecule has 1 aliphatic rings. The van der Waals surface area contributed by atoms with Crippen molar-refractivity contribution in [3.8, 4) is 0 Å². The van der Waals surface area contributed by atoms with Gasteiger partial charge < -0.3 is 14.2 Å². The van der Waals surface area contributed by atoms with E-state index in [0.29, 0.717) is 13.2 Å². The van der Waals surface area contributed by atoms with Crippen molar-refractivity contribution in [2.45, 2.75) is 19.4 Å². The van der Waals surface area contributed by atoms with Crippen molar-refractivity contribution in [1.82, 2.24) is 4.31 Å². The fraction of sp³-hybridized carbons (Fsp3) is 0.909. The highest BCUT2D eigenvalue weighted by atomic mass is 32.2. The molecule has 0 aliphatic carbocycles. The summed E-state index contributed by atoms with van der Waals surface area (Å²) in [5.74, 6) is -0.454. The average molecular weight is 295 g/mol. The van der Waals surface area contributed by atoms with Crippen LogP contribution in [0.25, 0.3) is 0 Å². The number of nitrogens with zero attached hydrogens (tertiary/aromatic N) is 1. The minimum Gasteiger partial charge on any atom is -0.469 e. The number of ether oxygens (including phenoxy) is 3. The van der Waals surface area contributed by atoms with Crippen LogP contribution in [-0.2, 0) is 29.0 Å². The second-order valence-corrected chi connectivity index (χ2v) is 6.23. The summed E-state index contributed by atoms with van der Waals surface area (Å²) in [7, 11) is -2.06. The molecule has 0 radical (unpaired) electrons. The Balaban J connectivity index is 2.51. The maximum Gasteiger partial charge on any atom is 0.308 e. The topological polar surface area (TPSA) is 82.1 Å². The number of sulfonamides is 1. The van der Waals surface area contributed by atoms with Crippen LogP contribution in [0.1, 0.15) is 13.3 Å². The van der Waals surface area contributed by atoms with Gasteiger partial charge in [0.25, 0.3) is 0 Å². The number of rotatable bonds is 7. The molecule has 1 saturated heterocycles. The molecule has 7 nitrogen and oxygen atoms in total. The van der Waals surface area contributed by atoms with E-state index >= 15 is 0 Å². The molecule has 1 fully saturated rings. The van der Waals surface area contributed by atoms with E-state index in [9.17, 15) is 13.2 Å². The van der Waals surface area contributed by atoms with E-state index in [2.05, 4.69) is 4.74 Å². The Bertz CT molecular complexity index is 383. The molecule has 19 heavy (non-hydrogen) atoms. The SMILES string of the molecule is CCOCCS(=O)(=O)N1CCOC(CC(=O)OC)C1. The van der Waals surface area contributed by atoms with Crippen molar-refractivity contribution < 1.29 is 27.4 Å². The van der Waals surface area contributed by atoms with Gasteiger partial charge in [-0.1, -0.05) is 0 Å². The Morgan fingerprint density at radius 2 is 2.21 bits per heavy atom. The first kappa shape index (κ1) is 16.4. The quantitative estimate of drug-likeness (QED) is 0.470. The maximum absolute atomic E-state index is 12.0. The molecule has 0 amide bonds. The van der Waals surface area contributed by atoms with Gasteiger partial charge in [-0.05, 0) is 6.92 Å². The van der Waals surface area contributed by atoms with Crippen LogP contribution in [0.3, 0.4) is 0 Å². The van der Waals surface area contributed by atoms with Gasteiger partial charge in [0.1, 0.15) is 0 Å². The number of methoxy groups -OCH3 is 1. The zero-order valence-electron chi connectivity index (χ0n) is 11.3. The third kappa shape index (κ3) is 5.43. The number of carbonyl (C=O) groups is 1. The van der Waals surface area contributed by atoms with Gasteiger partial charge in [0.05, 0.1) is 38.6 Å². The smallest absolute Gasteiger partial charge is 0.308 e. The van der Waals surface area contributed by atoms with E-state index in [1.54, 1.807) is 0 Å². The number of hydrogen-bond donors (Lipinski definition) is 0. The first-order valence-electron chi connectivity index (χ1n) is 6.23. The average Bonchev–Trinajstić information content (AvgIpc) is 2.39. The Hall–Kier alpha value is -0.700. The summed E-state index contributed by atoms with van der Waals surface area (Å²) in [6.07, 6.45) is -0.378. The number of morpholine rings is 1. The Labute approximate surface area is 113 Å². The molecule has 1 aliphatic heterocycles.